The summed E-state index contributed by atoms with van der Waals surface area (Å²) in [6, 6.07) is 18.4. The Bertz CT molecular complexity index is 466. The molecule has 0 aliphatic carbocycles. The number of hydrazine groups is 1. The molecule has 0 atom stereocenters. The van der Waals surface area contributed by atoms with Gasteiger partial charge in [0.25, 0.3) is 0 Å². The number of hydrogen-bond acceptors (Lipinski definition) is 3. The Hall–Kier alpha value is -1.84. The molecule has 2 rings (SSSR count). The average Bonchev–Trinajstić information content (AvgIpc) is 2.40. The zero-order chi connectivity index (χ0) is 12.8. The Morgan fingerprint density at radius 3 is 2.17 bits per heavy atom. The van der Waals surface area contributed by atoms with Gasteiger partial charge in [0, 0.05) is 13.6 Å². The van der Waals surface area contributed by atoms with Gasteiger partial charge in [-0.25, -0.2) is 5.01 Å². The fourth-order valence-corrected chi connectivity index (χ4v) is 1.68. The van der Waals surface area contributed by atoms with Gasteiger partial charge in [0.05, 0.1) is 0 Å². The van der Waals surface area contributed by atoms with E-state index < -0.39 is 0 Å². The SMILES string of the molecule is CN(N)CCOc1ccc(-c2ccccc2)cc1. The number of hydrogen-bond donors (Lipinski definition) is 1. The van der Waals surface area contributed by atoms with Crippen molar-refractivity contribution in [2.75, 3.05) is 20.2 Å². The topological polar surface area (TPSA) is 38.5 Å². The molecule has 2 N–H and O–H groups in total. The number of likely N-dealkylation sites (N-methyl/N-ethyl adjacent to an activating group) is 1. The Balaban J connectivity index is 1.98. The van der Waals surface area contributed by atoms with Gasteiger partial charge in [-0.3, -0.25) is 5.84 Å². The average molecular weight is 242 g/mol. The summed E-state index contributed by atoms with van der Waals surface area (Å²) in [6.07, 6.45) is 0. The summed E-state index contributed by atoms with van der Waals surface area (Å²) >= 11 is 0. The van der Waals surface area contributed by atoms with Crippen LogP contribution in [0, 0.1) is 0 Å². The van der Waals surface area contributed by atoms with Gasteiger partial charge in [0.2, 0.25) is 0 Å². The molecule has 0 unspecified atom stereocenters. The number of nitrogens with zero attached hydrogens (tertiary/aromatic N) is 1. The quantitative estimate of drug-likeness (QED) is 0.647. The molecule has 18 heavy (non-hydrogen) atoms. The smallest absolute Gasteiger partial charge is 0.119 e. The second-order valence-electron chi connectivity index (χ2n) is 4.22. The van der Waals surface area contributed by atoms with Crippen LogP contribution in [0.4, 0.5) is 0 Å². The minimum absolute atomic E-state index is 0.595. The molecule has 3 nitrogen and oxygen atoms in total. The monoisotopic (exact) mass is 242 g/mol. The molecule has 0 amide bonds. The molecule has 0 radical (unpaired) electrons. The van der Waals surface area contributed by atoms with Crippen LogP contribution in [0.25, 0.3) is 11.1 Å². The molecule has 3 heteroatoms. The van der Waals surface area contributed by atoms with Crippen LogP contribution in [-0.2, 0) is 0 Å². The molecule has 0 heterocycles. The van der Waals surface area contributed by atoms with Gasteiger partial charge in [-0.1, -0.05) is 42.5 Å². The molecule has 0 aliphatic heterocycles. The number of ether oxygens (including phenoxy) is 1. The molecule has 2 aromatic carbocycles. The molecule has 0 saturated heterocycles. The van der Waals surface area contributed by atoms with Crippen molar-refractivity contribution in [3.8, 4) is 16.9 Å². The van der Waals surface area contributed by atoms with Crippen LogP contribution in [0.3, 0.4) is 0 Å². The van der Waals surface area contributed by atoms with E-state index >= 15 is 0 Å². The van der Waals surface area contributed by atoms with Gasteiger partial charge in [0.1, 0.15) is 12.4 Å². The highest BCUT2D eigenvalue weighted by Crippen LogP contribution is 2.21. The molecule has 0 spiro atoms. The van der Waals surface area contributed by atoms with Crippen LogP contribution < -0.4 is 10.6 Å². The fourth-order valence-electron chi connectivity index (χ4n) is 1.68. The summed E-state index contributed by atoms with van der Waals surface area (Å²) < 4.78 is 5.59. The van der Waals surface area contributed by atoms with Crippen molar-refractivity contribution < 1.29 is 4.74 Å². The minimum atomic E-state index is 0.595. The van der Waals surface area contributed by atoms with E-state index in [0.29, 0.717) is 13.2 Å². The maximum atomic E-state index is 5.59. The van der Waals surface area contributed by atoms with Crippen LogP contribution in [-0.4, -0.2) is 25.2 Å². The third-order valence-corrected chi connectivity index (χ3v) is 2.67. The first-order valence-corrected chi connectivity index (χ1v) is 6.00. The highest BCUT2D eigenvalue weighted by Gasteiger charge is 1.98. The van der Waals surface area contributed by atoms with Gasteiger partial charge in [-0.05, 0) is 23.3 Å². The normalized spacial score (nSPS) is 10.6. The molecule has 94 valence electrons. The Labute approximate surface area is 108 Å². The number of rotatable bonds is 5. The summed E-state index contributed by atoms with van der Waals surface area (Å²) in [5, 5.41) is 1.61. The van der Waals surface area contributed by atoms with E-state index in [4.69, 9.17) is 10.6 Å². The van der Waals surface area contributed by atoms with Crippen LogP contribution >= 0.6 is 0 Å². The lowest BCUT2D eigenvalue weighted by Gasteiger charge is -2.11. The summed E-state index contributed by atoms with van der Waals surface area (Å²) in [5.74, 6) is 6.38. The lowest BCUT2D eigenvalue weighted by atomic mass is 10.1. The van der Waals surface area contributed by atoms with Gasteiger partial charge >= 0.3 is 0 Å². The van der Waals surface area contributed by atoms with Crippen molar-refractivity contribution in [3.63, 3.8) is 0 Å². The van der Waals surface area contributed by atoms with Crippen molar-refractivity contribution in [1.29, 1.82) is 0 Å². The summed E-state index contributed by atoms with van der Waals surface area (Å²) in [5.41, 5.74) is 2.41. The van der Waals surface area contributed by atoms with Crippen molar-refractivity contribution in [3.05, 3.63) is 54.6 Å². The molecule has 0 fully saturated rings. The Kier molecular flexibility index (Phi) is 4.34. The van der Waals surface area contributed by atoms with Crippen LogP contribution in [0.1, 0.15) is 0 Å². The highest BCUT2D eigenvalue weighted by molar-refractivity contribution is 5.63. The lowest BCUT2D eigenvalue weighted by molar-refractivity contribution is 0.241. The van der Waals surface area contributed by atoms with E-state index in [9.17, 15) is 0 Å². The maximum Gasteiger partial charge on any atom is 0.119 e. The number of benzene rings is 2. The van der Waals surface area contributed by atoms with Gasteiger partial charge < -0.3 is 4.74 Å². The Morgan fingerprint density at radius 2 is 1.56 bits per heavy atom. The first-order valence-electron chi connectivity index (χ1n) is 6.00. The van der Waals surface area contributed by atoms with Crippen LogP contribution in [0.5, 0.6) is 5.75 Å². The van der Waals surface area contributed by atoms with E-state index in [1.54, 1.807) is 5.01 Å². The van der Waals surface area contributed by atoms with Crippen LogP contribution in [0.2, 0.25) is 0 Å². The second kappa shape index (κ2) is 6.19. The van der Waals surface area contributed by atoms with E-state index in [1.165, 1.54) is 11.1 Å². The maximum absolute atomic E-state index is 5.59. The van der Waals surface area contributed by atoms with E-state index in [1.807, 2.05) is 37.4 Å². The van der Waals surface area contributed by atoms with Crippen LogP contribution in [0.15, 0.2) is 54.6 Å². The van der Waals surface area contributed by atoms with E-state index in [2.05, 4.69) is 24.3 Å². The molecular weight excluding hydrogens is 224 g/mol. The molecule has 0 saturated carbocycles. The summed E-state index contributed by atoms with van der Waals surface area (Å²) in [7, 11) is 1.82. The van der Waals surface area contributed by atoms with E-state index in [0.717, 1.165) is 5.75 Å². The zero-order valence-corrected chi connectivity index (χ0v) is 10.5. The van der Waals surface area contributed by atoms with Crippen molar-refractivity contribution in [2.45, 2.75) is 0 Å². The van der Waals surface area contributed by atoms with E-state index in [-0.39, 0.29) is 0 Å². The number of nitrogens with two attached hydrogens (primary N) is 1. The summed E-state index contributed by atoms with van der Waals surface area (Å²) in [4.78, 5) is 0. The fraction of sp³-hybridized carbons (Fsp3) is 0.200. The predicted octanol–water partition coefficient (Wildman–Crippen LogP) is 2.54. The first kappa shape index (κ1) is 12.6. The second-order valence-corrected chi connectivity index (χ2v) is 4.22. The third-order valence-electron chi connectivity index (χ3n) is 2.67. The molecule has 0 aromatic heterocycles. The largest absolute Gasteiger partial charge is 0.492 e. The Morgan fingerprint density at radius 1 is 0.944 bits per heavy atom. The summed E-state index contributed by atoms with van der Waals surface area (Å²) in [6.45, 7) is 1.30. The molecular formula is C15H18N2O. The van der Waals surface area contributed by atoms with Crippen molar-refractivity contribution in [2.24, 2.45) is 5.84 Å². The zero-order valence-electron chi connectivity index (χ0n) is 10.5. The first-order chi connectivity index (χ1) is 8.75. The molecule has 2 aromatic rings. The molecule has 0 bridgehead atoms. The standard InChI is InChI=1S/C15H18N2O/c1-17(16)11-12-18-15-9-7-14(8-10-15)13-5-3-2-4-6-13/h2-10H,11-12,16H2,1H3. The van der Waals surface area contributed by atoms with Gasteiger partial charge in [-0.2, -0.15) is 0 Å². The highest BCUT2D eigenvalue weighted by atomic mass is 16.5. The third kappa shape index (κ3) is 3.58. The van der Waals surface area contributed by atoms with Gasteiger partial charge in [-0.15, -0.1) is 0 Å². The predicted molar refractivity (Wildman–Crippen MR) is 74.2 cm³/mol. The minimum Gasteiger partial charge on any atom is -0.492 e. The van der Waals surface area contributed by atoms with Crippen molar-refractivity contribution in [1.82, 2.24) is 5.01 Å². The molecule has 0 aliphatic rings. The lowest BCUT2D eigenvalue weighted by Crippen LogP contribution is -2.30. The van der Waals surface area contributed by atoms with Crippen molar-refractivity contribution >= 4 is 0 Å². The van der Waals surface area contributed by atoms with Gasteiger partial charge in [0.15, 0.2) is 0 Å².